The molecule has 1 aliphatic heterocycles. The van der Waals surface area contributed by atoms with Gasteiger partial charge in [0.15, 0.2) is 0 Å². The molecule has 21 heavy (non-hydrogen) atoms. The van der Waals surface area contributed by atoms with Gasteiger partial charge in [-0.1, -0.05) is 0 Å². The van der Waals surface area contributed by atoms with E-state index in [0.29, 0.717) is 0 Å². The smallest absolute Gasteiger partial charge is 0.320 e. The second-order valence-electron chi connectivity index (χ2n) is 4.94. The fraction of sp³-hybridized carbons (Fsp3) is 0.818. The SMILES string of the molecule is NC(=O)CC[C@H](NC[C@@]1(O)OC[C@@H](O)[C@@H](O)[C@@H]1O)C(=O)O. The molecule has 1 heterocycles. The zero-order valence-corrected chi connectivity index (χ0v) is 11.2. The average Bonchev–Trinajstić information content (AvgIpc) is 2.40. The van der Waals surface area contributed by atoms with Crippen molar-refractivity contribution in [3.63, 3.8) is 0 Å². The van der Waals surface area contributed by atoms with Crippen LogP contribution < -0.4 is 11.1 Å². The lowest BCUT2D eigenvalue weighted by Crippen LogP contribution is -2.65. The summed E-state index contributed by atoms with van der Waals surface area (Å²) in [6, 6.07) is -1.19. The Morgan fingerprint density at radius 2 is 2.00 bits per heavy atom. The highest BCUT2D eigenvalue weighted by molar-refractivity contribution is 5.77. The highest BCUT2D eigenvalue weighted by atomic mass is 16.6. The number of aliphatic carboxylic acids is 1. The average molecular weight is 308 g/mol. The molecule has 1 aliphatic rings. The summed E-state index contributed by atoms with van der Waals surface area (Å²) in [6.07, 6.45) is -5.08. The number of aliphatic hydroxyl groups excluding tert-OH is 3. The first kappa shape index (κ1) is 17.8. The Balaban J connectivity index is 2.61. The van der Waals surface area contributed by atoms with Crippen LogP contribution in [-0.4, -0.2) is 80.7 Å². The van der Waals surface area contributed by atoms with Gasteiger partial charge in [0.1, 0.15) is 24.4 Å². The molecule has 1 rings (SSSR count). The second kappa shape index (κ2) is 7.11. The lowest BCUT2D eigenvalue weighted by Gasteiger charge is -2.42. The summed E-state index contributed by atoms with van der Waals surface area (Å²) in [4.78, 5) is 21.7. The zero-order chi connectivity index (χ0) is 16.2. The van der Waals surface area contributed by atoms with Crippen LogP contribution in [0.4, 0.5) is 0 Å². The van der Waals surface area contributed by atoms with Crippen molar-refractivity contribution in [2.75, 3.05) is 13.2 Å². The van der Waals surface area contributed by atoms with Gasteiger partial charge in [-0.15, -0.1) is 0 Å². The molecule has 0 aromatic carbocycles. The Labute approximate surface area is 120 Å². The number of carboxylic acid groups (broad SMARTS) is 1. The van der Waals surface area contributed by atoms with Crippen LogP contribution in [-0.2, 0) is 14.3 Å². The van der Waals surface area contributed by atoms with Gasteiger partial charge in [-0.25, -0.2) is 0 Å². The summed E-state index contributed by atoms with van der Waals surface area (Å²) in [5.74, 6) is -4.20. The molecule has 0 spiro atoms. The minimum Gasteiger partial charge on any atom is -0.480 e. The number of aliphatic hydroxyl groups is 4. The number of nitrogens with one attached hydrogen (secondary N) is 1. The van der Waals surface area contributed by atoms with E-state index in [4.69, 9.17) is 15.6 Å². The molecule has 0 unspecified atom stereocenters. The van der Waals surface area contributed by atoms with Crippen LogP contribution >= 0.6 is 0 Å². The van der Waals surface area contributed by atoms with Crippen molar-refractivity contribution in [2.24, 2.45) is 5.73 Å². The van der Waals surface area contributed by atoms with Gasteiger partial charge < -0.3 is 36.0 Å². The quantitative estimate of drug-likeness (QED) is 0.247. The molecule has 0 saturated carbocycles. The van der Waals surface area contributed by atoms with Gasteiger partial charge in [0.2, 0.25) is 11.7 Å². The first-order valence-electron chi connectivity index (χ1n) is 6.32. The monoisotopic (exact) mass is 308 g/mol. The highest BCUT2D eigenvalue weighted by Gasteiger charge is 2.48. The Hall–Kier alpha value is -1.30. The van der Waals surface area contributed by atoms with Crippen molar-refractivity contribution in [1.29, 1.82) is 0 Å². The zero-order valence-electron chi connectivity index (χ0n) is 11.2. The first-order chi connectivity index (χ1) is 9.67. The van der Waals surface area contributed by atoms with Crippen molar-refractivity contribution in [2.45, 2.75) is 43.0 Å². The van der Waals surface area contributed by atoms with Crippen molar-refractivity contribution in [1.82, 2.24) is 5.32 Å². The fourth-order valence-corrected chi connectivity index (χ4v) is 1.92. The minimum atomic E-state index is -2.25. The van der Waals surface area contributed by atoms with Gasteiger partial charge in [-0.3, -0.25) is 14.9 Å². The number of hydrogen-bond donors (Lipinski definition) is 7. The van der Waals surface area contributed by atoms with Crippen molar-refractivity contribution < 1.29 is 39.9 Å². The van der Waals surface area contributed by atoms with Crippen molar-refractivity contribution >= 4 is 11.9 Å². The van der Waals surface area contributed by atoms with E-state index in [9.17, 15) is 30.0 Å². The summed E-state index contributed by atoms with van der Waals surface area (Å²) in [5, 5.41) is 49.9. The van der Waals surface area contributed by atoms with Crippen LogP contribution in [0.1, 0.15) is 12.8 Å². The maximum absolute atomic E-state index is 11.0. The Kier molecular flexibility index (Phi) is 6.01. The molecule has 1 saturated heterocycles. The molecule has 10 nitrogen and oxygen atoms in total. The van der Waals surface area contributed by atoms with E-state index in [0.717, 1.165) is 0 Å². The number of amides is 1. The molecule has 0 bridgehead atoms. The van der Waals surface area contributed by atoms with Gasteiger partial charge >= 0.3 is 5.97 Å². The Morgan fingerprint density at radius 3 is 2.52 bits per heavy atom. The number of hydrogen-bond acceptors (Lipinski definition) is 8. The summed E-state index contributed by atoms with van der Waals surface area (Å²) >= 11 is 0. The normalized spacial score (nSPS) is 34.4. The molecule has 0 aliphatic carbocycles. The molecular weight excluding hydrogens is 288 g/mol. The third-order valence-corrected chi connectivity index (χ3v) is 3.26. The van der Waals surface area contributed by atoms with Gasteiger partial charge in [-0.05, 0) is 6.42 Å². The molecule has 5 atom stereocenters. The predicted octanol–water partition coefficient (Wildman–Crippen LogP) is -3.90. The molecule has 122 valence electrons. The van der Waals surface area contributed by atoms with Crippen LogP contribution in [0.15, 0.2) is 0 Å². The van der Waals surface area contributed by atoms with Gasteiger partial charge in [0.25, 0.3) is 0 Å². The molecular formula is C11H20N2O8. The fourth-order valence-electron chi connectivity index (χ4n) is 1.92. The van der Waals surface area contributed by atoms with E-state index in [1.54, 1.807) is 0 Å². The number of nitrogens with two attached hydrogens (primary N) is 1. The number of carbonyl (C=O) groups excluding carboxylic acids is 1. The molecule has 1 amide bonds. The number of carboxylic acids is 1. The molecule has 0 aromatic rings. The van der Waals surface area contributed by atoms with E-state index in [1.807, 2.05) is 0 Å². The van der Waals surface area contributed by atoms with E-state index < -0.39 is 55.2 Å². The molecule has 1 fully saturated rings. The lowest BCUT2D eigenvalue weighted by atomic mass is 9.96. The van der Waals surface area contributed by atoms with Crippen LogP contribution in [0.3, 0.4) is 0 Å². The maximum Gasteiger partial charge on any atom is 0.320 e. The standard InChI is InChI=1S/C11H20N2O8/c12-7(15)2-1-5(10(18)19)13-4-11(20)9(17)8(16)6(14)3-21-11/h5-6,8-9,13-14,16-17,20H,1-4H2,(H2,12,15)(H,18,19)/t5-,6+,8+,9-,11+/m0/s1. The molecule has 0 aromatic heterocycles. The third-order valence-electron chi connectivity index (χ3n) is 3.26. The second-order valence-corrected chi connectivity index (χ2v) is 4.94. The number of rotatable bonds is 7. The van der Waals surface area contributed by atoms with Gasteiger partial charge in [-0.2, -0.15) is 0 Å². The summed E-state index contributed by atoms with van der Waals surface area (Å²) < 4.78 is 4.86. The van der Waals surface area contributed by atoms with E-state index in [1.165, 1.54) is 0 Å². The van der Waals surface area contributed by atoms with Crippen molar-refractivity contribution in [3.8, 4) is 0 Å². The molecule has 10 heteroatoms. The Morgan fingerprint density at radius 1 is 1.38 bits per heavy atom. The minimum absolute atomic E-state index is 0.109. The molecule has 8 N–H and O–H groups in total. The largest absolute Gasteiger partial charge is 0.480 e. The van der Waals surface area contributed by atoms with Gasteiger partial charge in [0, 0.05) is 6.42 Å². The van der Waals surface area contributed by atoms with Crippen LogP contribution in [0, 0.1) is 0 Å². The predicted molar refractivity (Wildman–Crippen MR) is 66.8 cm³/mol. The summed E-state index contributed by atoms with van der Waals surface area (Å²) in [5.41, 5.74) is 4.93. The van der Waals surface area contributed by atoms with E-state index in [2.05, 4.69) is 5.32 Å². The summed E-state index contributed by atoms with van der Waals surface area (Å²) in [6.45, 7) is -0.941. The van der Waals surface area contributed by atoms with Crippen LogP contribution in [0.5, 0.6) is 0 Å². The lowest BCUT2D eigenvalue weighted by molar-refractivity contribution is -0.318. The number of ether oxygens (including phenoxy) is 1. The number of primary amides is 1. The van der Waals surface area contributed by atoms with Crippen LogP contribution in [0.2, 0.25) is 0 Å². The third kappa shape index (κ3) is 4.59. The molecule has 0 radical (unpaired) electrons. The van der Waals surface area contributed by atoms with E-state index in [-0.39, 0.29) is 12.8 Å². The summed E-state index contributed by atoms with van der Waals surface area (Å²) in [7, 11) is 0. The van der Waals surface area contributed by atoms with Gasteiger partial charge in [0.05, 0.1) is 13.2 Å². The first-order valence-corrected chi connectivity index (χ1v) is 6.32. The topological polar surface area (TPSA) is 183 Å². The van der Waals surface area contributed by atoms with E-state index >= 15 is 0 Å². The van der Waals surface area contributed by atoms with Crippen molar-refractivity contribution in [3.05, 3.63) is 0 Å². The maximum atomic E-state index is 11.0. The number of carbonyl (C=O) groups is 2. The Bertz CT molecular complexity index is 392. The highest BCUT2D eigenvalue weighted by Crippen LogP contribution is 2.23. The van der Waals surface area contributed by atoms with Crippen LogP contribution in [0.25, 0.3) is 0 Å².